The fourth-order valence-electron chi connectivity index (χ4n) is 3.17. The Morgan fingerprint density at radius 3 is 1.77 bits per heavy atom. The lowest BCUT2D eigenvalue weighted by Crippen LogP contribution is -2.30. The van der Waals surface area contributed by atoms with Crippen LogP contribution < -0.4 is 5.32 Å². The molecular weight excluding hydrogens is 334 g/mol. The summed E-state index contributed by atoms with van der Waals surface area (Å²) >= 11 is 1.92. The van der Waals surface area contributed by atoms with Crippen LogP contribution in [0.15, 0.2) is 95.9 Å². The van der Waals surface area contributed by atoms with E-state index in [1.165, 1.54) is 16.0 Å². The van der Waals surface area contributed by atoms with Gasteiger partial charge >= 0.3 is 0 Å². The molecule has 0 aliphatic rings. The lowest BCUT2D eigenvalue weighted by molar-refractivity contribution is 0.555. The third-order valence-corrected chi connectivity index (χ3v) is 5.85. The first-order chi connectivity index (χ1) is 12.8. The van der Waals surface area contributed by atoms with Crippen molar-refractivity contribution in [3.05, 3.63) is 102 Å². The average Bonchev–Trinajstić information content (AvgIpc) is 2.72. The topological polar surface area (TPSA) is 12.0 Å². The quantitative estimate of drug-likeness (QED) is 0.471. The minimum atomic E-state index is 0.443. The van der Waals surface area contributed by atoms with Gasteiger partial charge in [0, 0.05) is 22.6 Å². The first kappa shape index (κ1) is 18.8. The van der Waals surface area contributed by atoms with Crippen LogP contribution in [-0.4, -0.2) is 18.3 Å². The summed E-state index contributed by atoms with van der Waals surface area (Å²) in [6.07, 6.45) is 1.11. The third-order valence-electron chi connectivity index (χ3n) is 4.57. The SMILES string of the molecule is C[C@@H](CSc1ccccc1)NCCC(c1ccccc1)c1ccccc1. The Kier molecular flexibility index (Phi) is 7.36. The van der Waals surface area contributed by atoms with Gasteiger partial charge in [0.15, 0.2) is 0 Å². The number of thioether (sulfide) groups is 1. The average molecular weight is 362 g/mol. The van der Waals surface area contributed by atoms with Crippen LogP contribution in [0.5, 0.6) is 0 Å². The van der Waals surface area contributed by atoms with Crippen molar-refractivity contribution in [1.29, 1.82) is 0 Å². The smallest absolute Gasteiger partial charge is 0.0133 e. The second-order valence-electron chi connectivity index (χ2n) is 6.64. The van der Waals surface area contributed by atoms with Gasteiger partial charge in [0.2, 0.25) is 0 Å². The maximum absolute atomic E-state index is 3.70. The van der Waals surface area contributed by atoms with Gasteiger partial charge < -0.3 is 5.32 Å². The summed E-state index contributed by atoms with van der Waals surface area (Å²) in [6, 6.07) is 32.8. The molecule has 0 amide bonds. The molecule has 0 aromatic heterocycles. The summed E-state index contributed by atoms with van der Waals surface area (Å²) in [4.78, 5) is 1.34. The molecule has 0 fully saturated rings. The van der Waals surface area contributed by atoms with E-state index in [1.807, 2.05) is 11.8 Å². The zero-order chi connectivity index (χ0) is 18.0. The molecule has 0 heterocycles. The maximum atomic E-state index is 3.70. The van der Waals surface area contributed by atoms with Crippen molar-refractivity contribution >= 4 is 11.8 Å². The fourth-order valence-corrected chi connectivity index (χ4v) is 4.08. The van der Waals surface area contributed by atoms with Gasteiger partial charge in [-0.15, -0.1) is 11.8 Å². The van der Waals surface area contributed by atoms with Gasteiger partial charge in [-0.05, 0) is 43.1 Å². The molecule has 2 heteroatoms. The van der Waals surface area contributed by atoms with Crippen molar-refractivity contribution in [1.82, 2.24) is 5.32 Å². The lowest BCUT2D eigenvalue weighted by atomic mass is 9.88. The predicted octanol–water partition coefficient (Wildman–Crippen LogP) is 5.98. The molecule has 0 saturated carbocycles. The monoisotopic (exact) mass is 361 g/mol. The van der Waals surface area contributed by atoms with E-state index < -0.39 is 0 Å². The molecule has 26 heavy (non-hydrogen) atoms. The highest BCUT2D eigenvalue weighted by molar-refractivity contribution is 7.99. The Morgan fingerprint density at radius 1 is 0.731 bits per heavy atom. The van der Waals surface area contributed by atoms with Gasteiger partial charge in [-0.2, -0.15) is 0 Å². The number of benzene rings is 3. The molecule has 3 aromatic carbocycles. The van der Waals surface area contributed by atoms with Crippen LogP contribution in [0, 0.1) is 0 Å². The summed E-state index contributed by atoms with van der Waals surface area (Å²) in [7, 11) is 0. The Bertz CT molecular complexity index is 703. The van der Waals surface area contributed by atoms with E-state index in [2.05, 4.69) is 103 Å². The Labute approximate surface area is 161 Å². The van der Waals surface area contributed by atoms with E-state index in [1.54, 1.807) is 0 Å². The fraction of sp³-hybridized carbons (Fsp3) is 0.250. The van der Waals surface area contributed by atoms with Crippen molar-refractivity contribution in [3.8, 4) is 0 Å². The molecule has 1 nitrogen and oxygen atoms in total. The molecular formula is C24H27NS. The third kappa shape index (κ3) is 5.76. The van der Waals surface area contributed by atoms with Crippen LogP contribution >= 0.6 is 11.8 Å². The Morgan fingerprint density at radius 2 is 1.23 bits per heavy atom. The van der Waals surface area contributed by atoms with Gasteiger partial charge in [0.25, 0.3) is 0 Å². The number of hydrogen-bond acceptors (Lipinski definition) is 2. The number of rotatable bonds is 9. The molecule has 0 spiro atoms. The normalized spacial score (nSPS) is 12.2. The van der Waals surface area contributed by atoms with E-state index in [0.29, 0.717) is 12.0 Å². The number of nitrogens with one attached hydrogen (secondary N) is 1. The highest BCUT2D eigenvalue weighted by Gasteiger charge is 2.14. The van der Waals surface area contributed by atoms with Crippen LogP contribution in [0.2, 0.25) is 0 Å². The maximum Gasteiger partial charge on any atom is 0.0133 e. The first-order valence-corrected chi connectivity index (χ1v) is 10.3. The number of hydrogen-bond donors (Lipinski definition) is 1. The van der Waals surface area contributed by atoms with E-state index in [9.17, 15) is 0 Å². The minimum Gasteiger partial charge on any atom is -0.313 e. The summed E-state index contributed by atoms with van der Waals surface area (Å²) in [5.74, 6) is 1.53. The summed E-state index contributed by atoms with van der Waals surface area (Å²) in [5.41, 5.74) is 2.79. The molecule has 0 aliphatic heterocycles. The molecule has 0 bridgehead atoms. The van der Waals surface area contributed by atoms with Gasteiger partial charge in [-0.3, -0.25) is 0 Å². The van der Waals surface area contributed by atoms with E-state index in [0.717, 1.165) is 18.7 Å². The second-order valence-corrected chi connectivity index (χ2v) is 7.74. The minimum absolute atomic E-state index is 0.443. The summed E-state index contributed by atoms with van der Waals surface area (Å²) < 4.78 is 0. The Balaban J connectivity index is 1.53. The largest absolute Gasteiger partial charge is 0.313 e. The van der Waals surface area contributed by atoms with Gasteiger partial charge in [-0.25, -0.2) is 0 Å². The summed E-state index contributed by atoms with van der Waals surface area (Å²) in [5, 5.41) is 3.70. The van der Waals surface area contributed by atoms with Crippen molar-refractivity contribution in [2.24, 2.45) is 0 Å². The molecule has 0 radical (unpaired) electrons. The van der Waals surface area contributed by atoms with Gasteiger partial charge in [0.05, 0.1) is 0 Å². The van der Waals surface area contributed by atoms with Crippen molar-refractivity contribution < 1.29 is 0 Å². The van der Waals surface area contributed by atoms with E-state index in [4.69, 9.17) is 0 Å². The van der Waals surface area contributed by atoms with Crippen LogP contribution in [0.25, 0.3) is 0 Å². The second kappa shape index (κ2) is 10.2. The van der Waals surface area contributed by atoms with Crippen LogP contribution in [0.4, 0.5) is 0 Å². The lowest BCUT2D eigenvalue weighted by Gasteiger charge is -2.20. The van der Waals surface area contributed by atoms with Crippen LogP contribution in [0.1, 0.15) is 30.4 Å². The molecule has 134 valence electrons. The predicted molar refractivity (Wildman–Crippen MR) is 114 cm³/mol. The highest BCUT2D eigenvalue weighted by Crippen LogP contribution is 2.27. The molecule has 3 rings (SSSR count). The molecule has 1 atom stereocenters. The molecule has 1 N–H and O–H groups in total. The van der Waals surface area contributed by atoms with Crippen molar-refractivity contribution in [3.63, 3.8) is 0 Å². The van der Waals surface area contributed by atoms with Crippen molar-refractivity contribution in [2.75, 3.05) is 12.3 Å². The zero-order valence-electron chi connectivity index (χ0n) is 15.3. The molecule has 3 aromatic rings. The van der Waals surface area contributed by atoms with Crippen molar-refractivity contribution in [2.45, 2.75) is 30.2 Å². The molecule has 0 unspecified atom stereocenters. The van der Waals surface area contributed by atoms with E-state index in [-0.39, 0.29) is 0 Å². The first-order valence-electron chi connectivity index (χ1n) is 9.34. The van der Waals surface area contributed by atoms with Gasteiger partial charge in [0.1, 0.15) is 0 Å². The Hall–Kier alpha value is -2.03. The molecule has 0 aliphatic carbocycles. The van der Waals surface area contributed by atoms with Gasteiger partial charge in [-0.1, -0.05) is 78.9 Å². The van der Waals surface area contributed by atoms with E-state index >= 15 is 0 Å². The zero-order valence-corrected chi connectivity index (χ0v) is 16.2. The van der Waals surface area contributed by atoms with Crippen LogP contribution in [0.3, 0.4) is 0 Å². The van der Waals surface area contributed by atoms with Crippen LogP contribution in [-0.2, 0) is 0 Å². The standard InChI is InChI=1S/C24H27NS/c1-20(19-26-23-15-9-4-10-16-23)25-18-17-24(21-11-5-2-6-12-21)22-13-7-3-8-14-22/h2-16,20,24-25H,17-19H2,1H3/t20-/m0/s1. The summed E-state index contributed by atoms with van der Waals surface area (Å²) in [6.45, 7) is 3.29. The highest BCUT2D eigenvalue weighted by atomic mass is 32.2. The molecule has 0 saturated heterocycles.